The van der Waals surface area contributed by atoms with Crippen LogP contribution in [0.5, 0.6) is 0 Å². The normalized spacial score (nSPS) is 17.3. The molecule has 3 aromatic heterocycles. The molecular formula is C27H31N5O3S. The summed E-state index contributed by atoms with van der Waals surface area (Å²) in [6.07, 6.45) is 6.24. The van der Waals surface area contributed by atoms with Crippen LogP contribution in [-0.4, -0.2) is 60.7 Å². The van der Waals surface area contributed by atoms with E-state index in [0.29, 0.717) is 48.2 Å². The van der Waals surface area contributed by atoms with Crippen LogP contribution >= 0.6 is 11.3 Å². The molecule has 4 aromatic rings. The van der Waals surface area contributed by atoms with E-state index in [2.05, 4.69) is 15.5 Å². The van der Waals surface area contributed by atoms with E-state index in [1.165, 1.54) is 43.4 Å². The highest BCUT2D eigenvalue weighted by Gasteiger charge is 2.23. The average Bonchev–Trinajstić information content (AvgIpc) is 3.31. The van der Waals surface area contributed by atoms with Crippen molar-refractivity contribution in [3.05, 3.63) is 52.2 Å². The number of ether oxygens (including phenoxy) is 1. The van der Waals surface area contributed by atoms with Gasteiger partial charge in [0.25, 0.3) is 5.91 Å². The summed E-state index contributed by atoms with van der Waals surface area (Å²) in [5.41, 5.74) is 1.46. The number of nitrogens with one attached hydrogen (secondary N) is 2. The molecule has 1 aromatic carbocycles. The lowest BCUT2D eigenvalue weighted by Gasteiger charge is -2.28. The lowest BCUT2D eigenvalue weighted by molar-refractivity contribution is 0.0954. The Morgan fingerprint density at radius 2 is 1.86 bits per heavy atom. The number of hydrogen-bond acceptors (Lipinski definition) is 7. The van der Waals surface area contributed by atoms with Crippen LogP contribution in [0.2, 0.25) is 0 Å². The summed E-state index contributed by atoms with van der Waals surface area (Å²) in [6.45, 7) is 4.02. The van der Waals surface area contributed by atoms with Gasteiger partial charge in [0.15, 0.2) is 5.65 Å². The van der Waals surface area contributed by atoms with Crippen LogP contribution in [0.4, 0.5) is 5.82 Å². The molecule has 1 saturated carbocycles. The zero-order valence-corrected chi connectivity index (χ0v) is 21.1. The van der Waals surface area contributed by atoms with Crippen molar-refractivity contribution in [2.75, 3.05) is 44.3 Å². The number of benzene rings is 1. The molecule has 1 saturated heterocycles. The number of amides is 1. The monoisotopic (exact) mass is 505 g/mol. The molecule has 1 amide bonds. The van der Waals surface area contributed by atoms with Gasteiger partial charge in [-0.15, -0.1) is 11.3 Å². The third-order valence-electron chi connectivity index (χ3n) is 7.28. The van der Waals surface area contributed by atoms with E-state index < -0.39 is 0 Å². The van der Waals surface area contributed by atoms with Gasteiger partial charge in [-0.1, -0.05) is 31.4 Å². The molecule has 1 aliphatic heterocycles. The summed E-state index contributed by atoms with van der Waals surface area (Å²) in [5.74, 6) is 0.494. The highest BCUT2D eigenvalue weighted by Crippen LogP contribution is 2.31. The van der Waals surface area contributed by atoms with Gasteiger partial charge < -0.3 is 20.3 Å². The van der Waals surface area contributed by atoms with Crippen molar-refractivity contribution in [2.24, 2.45) is 0 Å². The van der Waals surface area contributed by atoms with Crippen molar-refractivity contribution >= 4 is 49.1 Å². The molecular weight excluding hydrogens is 474 g/mol. The lowest BCUT2D eigenvalue weighted by Crippen LogP contribution is -2.39. The second-order valence-corrected chi connectivity index (χ2v) is 10.6. The Hall–Kier alpha value is -3.01. The number of hydrogen-bond donors (Lipinski definition) is 2. The molecule has 188 valence electrons. The smallest absolute Gasteiger partial charge is 0.258 e. The molecule has 36 heavy (non-hydrogen) atoms. The third kappa shape index (κ3) is 4.36. The molecule has 6 rings (SSSR count). The van der Waals surface area contributed by atoms with E-state index in [9.17, 15) is 9.59 Å². The zero-order chi connectivity index (χ0) is 24.5. The van der Waals surface area contributed by atoms with Crippen molar-refractivity contribution in [2.45, 2.75) is 38.1 Å². The number of carbonyl (C=O) groups excluding carboxylic acids is 1. The van der Waals surface area contributed by atoms with Gasteiger partial charge >= 0.3 is 0 Å². The molecule has 2 fully saturated rings. The number of rotatable bonds is 6. The predicted octanol–water partition coefficient (Wildman–Crippen LogP) is 3.55. The highest BCUT2D eigenvalue weighted by atomic mass is 32.1. The first-order chi connectivity index (χ1) is 17.7. The Morgan fingerprint density at radius 1 is 1.06 bits per heavy atom. The fourth-order valence-corrected chi connectivity index (χ4v) is 6.58. The first-order valence-electron chi connectivity index (χ1n) is 12.9. The molecule has 4 heterocycles. The van der Waals surface area contributed by atoms with Crippen LogP contribution in [0, 0.1) is 0 Å². The van der Waals surface area contributed by atoms with Crippen molar-refractivity contribution in [3.63, 3.8) is 0 Å². The number of morpholine rings is 1. The minimum atomic E-state index is -0.325. The third-order valence-corrected chi connectivity index (χ3v) is 8.43. The van der Waals surface area contributed by atoms with E-state index in [0.717, 1.165) is 29.1 Å². The minimum absolute atomic E-state index is 0.197. The Morgan fingerprint density at radius 3 is 2.69 bits per heavy atom. The van der Waals surface area contributed by atoms with Crippen LogP contribution < -0.4 is 21.0 Å². The lowest BCUT2D eigenvalue weighted by atomic mass is 9.95. The van der Waals surface area contributed by atoms with Crippen molar-refractivity contribution in [3.8, 4) is 0 Å². The second-order valence-electron chi connectivity index (χ2n) is 9.60. The summed E-state index contributed by atoms with van der Waals surface area (Å²) in [4.78, 5) is 34.8. The van der Waals surface area contributed by atoms with Crippen molar-refractivity contribution in [1.82, 2.24) is 20.0 Å². The molecule has 2 aliphatic rings. The number of para-hydroxylation sites is 1. The van der Waals surface area contributed by atoms with Gasteiger partial charge in [-0.2, -0.15) is 0 Å². The first kappa shape index (κ1) is 23.4. The van der Waals surface area contributed by atoms with Gasteiger partial charge in [-0.05, 0) is 37.1 Å². The number of aromatic nitrogens is 2. The summed E-state index contributed by atoms with van der Waals surface area (Å²) in [6, 6.07) is 12.2. The highest BCUT2D eigenvalue weighted by molar-refractivity contribution is 7.24. The standard InChI is InChI=1S/C27H31N5O3S/c33-24-19-10-11-22(31-14-16-35-17-15-31)30-25(19)32-20-8-4-5-9-21(20)36-27(32)23(24)26(34)29-13-12-28-18-6-2-1-3-7-18/h4-5,8-11,18,28H,1-3,6-7,12-17H2,(H,29,34). The van der Waals surface area contributed by atoms with E-state index in [1.807, 2.05) is 40.8 Å². The molecule has 0 radical (unpaired) electrons. The quantitative estimate of drug-likeness (QED) is 0.390. The number of carbonyl (C=O) groups is 1. The first-order valence-corrected chi connectivity index (χ1v) is 13.7. The van der Waals surface area contributed by atoms with Gasteiger partial charge in [0, 0.05) is 32.2 Å². The number of fused-ring (bicyclic) bond motifs is 5. The molecule has 0 spiro atoms. The van der Waals surface area contributed by atoms with E-state index >= 15 is 0 Å². The SMILES string of the molecule is O=C(NCCNC1CCCCC1)c1c(=O)c2ccc(N3CCOCC3)nc2n2c1sc1ccccc12. The van der Waals surface area contributed by atoms with Crippen LogP contribution in [0.1, 0.15) is 42.5 Å². The van der Waals surface area contributed by atoms with Gasteiger partial charge in [0.1, 0.15) is 16.2 Å². The molecule has 2 N–H and O–H groups in total. The number of pyridine rings is 2. The van der Waals surface area contributed by atoms with Crippen LogP contribution in [0.15, 0.2) is 41.2 Å². The molecule has 0 unspecified atom stereocenters. The van der Waals surface area contributed by atoms with Crippen LogP contribution in [-0.2, 0) is 4.74 Å². The molecule has 1 aliphatic carbocycles. The molecule has 0 bridgehead atoms. The number of thiazole rings is 1. The fraction of sp³-hybridized carbons (Fsp3) is 0.444. The maximum atomic E-state index is 13.7. The topological polar surface area (TPSA) is 88.0 Å². The Bertz CT molecular complexity index is 1470. The van der Waals surface area contributed by atoms with Crippen molar-refractivity contribution < 1.29 is 9.53 Å². The molecule has 8 nitrogen and oxygen atoms in total. The van der Waals surface area contributed by atoms with Gasteiger partial charge in [-0.3, -0.25) is 14.0 Å². The van der Waals surface area contributed by atoms with E-state index in [1.54, 1.807) is 0 Å². The fourth-order valence-electron chi connectivity index (χ4n) is 5.39. The Balaban J connectivity index is 1.37. The summed E-state index contributed by atoms with van der Waals surface area (Å²) >= 11 is 1.46. The maximum absolute atomic E-state index is 13.7. The Labute approximate surface area is 213 Å². The van der Waals surface area contributed by atoms with Crippen molar-refractivity contribution in [1.29, 1.82) is 0 Å². The maximum Gasteiger partial charge on any atom is 0.258 e. The van der Waals surface area contributed by atoms with E-state index in [4.69, 9.17) is 9.72 Å². The Kier molecular flexibility index (Phi) is 6.60. The number of nitrogens with zero attached hydrogens (tertiary/aromatic N) is 3. The largest absolute Gasteiger partial charge is 0.378 e. The minimum Gasteiger partial charge on any atom is -0.378 e. The predicted molar refractivity (Wildman–Crippen MR) is 145 cm³/mol. The van der Waals surface area contributed by atoms with Gasteiger partial charge in [-0.25, -0.2) is 4.98 Å². The summed E-state index contributed by atoms with van der Waals surface area (Å²) in [5, 5.41) is 7.00. The van der Waals surface area contributed by atoms with Crippen LogP contribution in [0.3, 0.4) is 0 Å². The van der Waals surface area contributed by atoms with Gasteiger partial charge in [0.05, 0.1) is 28.8 Å². The van der Waals surface area contributed by atoms with Crippen LogP contribution in [0.25, 0.3) is 26.1 Å². The average molecular weight is 506 g/mol. The molecule has 9 heteroatoms. The molecule has 0 atom stereocenters. The number of anilines is 1. The second kappa shape index (κ2) is 10.2. The zero-order valence-electron chi connectivity index (χ0n) is 20.3. The summed E-state index contributed by atoms with van der Waals surface area (Å²) < 4.78 is 8.48. The van der Waals surface area contributed by atoms with Gasteiger partial charge in [0.2, 0.25) is 5.43 Å². The summed E-state index contributed by atoms with van der Waals surface area (Å²) in [7, 11) is 0. The van der Waals surface area contributed by atoms with E-state index in [-0.39, 0.29) is 16.9 Å².